The van der Waals surface area contributed by atoms with Crippen molar-refractivity contribution in [3.05, 3.63) is 58.7 Å². The smallest absolute Gasteiger partial charge is 0.414 e. The number of urea groups is 1. The molecule has 4 rings (SSSR count). The largest absolute Gasteiger partial charge is 0.497 e. The molecule has 0 saturated heterocycles. The van der Waals surface area contributed by atoms with E-state index in [-0.39, 0.29) is 18.7 Å². The maximum absolute atomic E-state index is 14.0. The number of hydrogen-bond donors (Lipinski definition) is 2. The monoisotopic (exact) mass is 423 g/mol. The van der Waals surface area contributed by atoms with E-state index >= 15 is 0 Å². The van der Waals surface area contributed by atoms with Crippen molar-refractivity contribution in [3.63, 3.8) is 0 Å². The van der Waals surface area contributed by atoms with Gasteiger partial charge >= 0.3 is 12.2 Å². The predicted octanol–water partition coefficient (Wildman–Crippen LogP) is 5.52. The number of ether oxygens (including phenoxy) is 1. The molecule has 2 N–H and O–H groups in total. The molecule has 0 spiro atoms. The zero-order valence-corrected chi connectivity index (χ0v) is 16.1. The number of amides is 2. The molecule has 2 amide bonds. The van der Waals surface area contributed by atoms with Crippen LogP contribution in [0.15, 0.2) is 42.5 Å². The molecule has 2 heterocycles. The lowest BCUT2D eigenvalue weighted by Crippen LogP contribution is -2.48. The fraction of sp³-hybridized carbons (Fsp3) is 0.250. The van der Waals surface area contributed by atoms with Crippen molar-refractivity contribution >= 4 is 34.2 Å². The minimum absolute atomic E-state index is 0.0201. The van der Waals surface area contributed by atoms with E-state index in [1.54, 1.807) is 36.4 Å². The SMILES string of the molecule is COc1ccc2[nH]c3c(c2c1)CCN(C(=O)Nc1cccc(Cl)c1)C3C(F)(F)F. The van der Waals surface area contributed by atoms with Gasteiger partial charge in [-0.15, -0.1) is 0 Å². The molecule has 0 fully saturated rings. The Morgan fingerprint density at radius 3 is 2.76 bits per heavy atom. The topological polar surface area (TPSA) is 57.4 Å². The Balaban J connectivity index is 1.73. The molecule has 0 saturated carbocycles. The van der Waals surface area contributed by atoms with Crippen molar-refractivity contribution in [2.45, 2.75) is 18.6 Å². The molecule has 0 bridgehead atoms. The highest BCUT2D eigenvalue weighted by Crippen LogP contribution is 2.44. The molecule has 3 aromatic rings. The van der Waals surface area contributed by atoms with Crippen LogP contribution >= 0.6 is 11.6 Å². The molecule has 0 aliphatic carbocycles. The molecule has 1 aliphatic heterocycles. The maximum atomic E-state index is 14.0. The quantitative estimate of drug-likeness (QED) is 0.570. The number of halogens is 4. The van der Waals surface area contributed by atoms with E-state index in [1.807, 2.05) is 0 Å². The fourth-order valence-electron chi connectivity index (χ4n) is 3.72. The van der Waals surface area contributed by atoms with Crippen LogP contribution in [0.5, 0.6) is 5.75 Å². The Morgan fingerprint density at radius 2 is 2.07 bits per heavy atom. The average molecular weight is 424 g/mol. The summed E-state index contributed by atoms with van der Waals surface area (Å²) in [5.74, 6) is 0.559. The van der Waals surface area contributed by atoms with Crippen molar-refractivity contribution in [2.24, 2.45) is 0 Å². The third-order valence-corrected chi connectivity index (χ3v) is 5.22. The van der Waals surface area contributed by atoms with Crippen LogP contribution in [0.3, 0.4) is 0 Å². The van der Waals surface area contributed by atoms with E-state index < -0.39 is 18.2 Å². The van der Waals surface area contributed by atoms with Crippen molar-refractivity contribution in [1.82, 2.24) is 9.88 Å². The molecule has 2 aromatic carbocycles. The van der Waals surface area contributed by atoms with Crippen LogP contribution in [0, 0.1) is 0 Å². The van der Waals surface area contributed by atoms with Gasteiger partial charge in [-0.1, -0.05) is 17.7 Å². The van der Waals surface area contributed by atoms with Crippen molar-refractivity contribution < 1.29 is 22.7 Å². The molecular weight excluding hydrogens is 407 g/mol. The van der Waals surface area contributed by atoms with Gasteiger partial charge in [0.05, 0.1) is 12.8 Å². The number of anilines is 1. The number of carbonyl (C=O) groups is 1. The van der Waals surface area contributed by atoms with E-state index in [0.29, 0.717) is 32.9 Å². The van der Waals surface area contributed by atoms with E-state index in [9.17, 15) is 18.0 Å². The van der Waals surface area contributed by atoms with E-state index in [2.05, 4.69) is 10.3 Å². The number of alkyl halides is 3. The lowest BCUT2D eigenvalue weighted by atomic mass is 9.97. The van der Waals surface area contributed by atoms with Crippen LogP contribution in [0.4, 0.5) is 23.7 Å². The zero-order valence-electron chi connectivity index (χ0n) is 15.3. The van der Waals surface area contributed by atoms with Gasteiger partial charge in [-0.2, -0.15) is 13.2 Å². The van der Waals surface area contributed by atoms with Crippen molar-refractivity contribution in [1.29, 1.82) is 0 Å². The van der Waals surface area contributed by atoms with Gasteiger partial charge in [0.25, 0.3) is 0 Å². The van der Waals surface area contributed by atoms with E-state index in [0.717, 1.165) is 4.90 Å². The molecule has 152 valence electrons. The first-order valence-electron chi connectivity index (χ1n) is 8.86. The Hall–Kier alpha value is -2.87. The number of hydrogen-bond acceptors (Lipinski definition) is 2. The fourth-order valence-corrected chi connectivity index (χ4v) is 3.91. The summed E-state index contributed by atoms with van der Waals surface area (Å²) in [6.07, 6.45) is -4.36. The van der Waals surface area contributed by atoms with E-state index in [1.165, 1.54) is 13.2 Å². The van der Waals surface area contributed by atoms with Gasteiger partial charge < -0.3 is 19.9 Å². The highest BCUT2D eigenvalue weighted by atomic mass is 35.5. The molecule has 1 unspecified atom stereocenters. The molecule has 0 radical (unpaired) electrons. The van der Waals surface area contributed by atoms with Crippen LogP contribution in [0.25, 0.3) is 10.9 Å². The van der Waals surface area contributed by atoms with Crippen molar-refractivity contribution in [3.8, 4) is 5.75 Å². The van der Waals surface area contributed by atoms with Gasteiger partial charge in [0.1, 0.15) is 5.75 Å². The van der Waals surface area contributed by atoms with Crippen LogP contribution in [-0.4, -0.2) is 35.7 Å². The lowest BCUT2D eigenvalue weighted by Gasteiger charge is -2.36. The Morgan fingerprint density at radius 1 is 1.28 bits per heavy atom. The summed E-state index contributed by atoms with van der Waals surface area (Å²) >= 11 is 5.89. The summed E-state index contributed by atoms with van der Waals surface area (Å²) in [4.78, 5) is 16.4. The molecule has 1 aliphatic rings. The number of nitrogens with zero attached hydrogens (tertiary/aromatic N) is 1. The minimum atomic E-state index is -4.65. The summed E-state index contributed by atoms with van der Waals surface area (Å²) in [5, 5.41) is 3.55. The standard InChI is InChI=1S/C20H17ClF3N3O2/c1-29-13-5-6-16-15(10-13)14-7-8-27(18(17(14)26-16)20(22,23)24)19(28)25-12-4-2-3-11(21)9-12/h2-6,9-10,18,26H,7-8H2,1H3,(H,25,28). The molecule has 1 aromatic heterocycles. The van der Waals surface area contributed by atoms with Gasteiger partial charge in [-0.3, -0.25) is 0 Å². The number of aromatic amines is 1. The molecule has 29 heavy (non-hydrogen) atoms. The Bertz CT molecular complexity index is 1080. The number of aromatic nitrogens is 1. The summed E-state index contributed by atoms with van der Waals surface area (Å²) in [7, 11) is 1.50. The third kappa shape index (κ3) is 3.60. The predicted molar refractivity (Wildman–Crippen MR) is 105 cm³/mol. The third-order valence-electron chi connectivity index (χ3n) is 4.98. The first kappa shape index (κ1) is 19.4. The van der Waals surface area contributed by atoms with Gasteiger partial charge in [-0.05, 0) is 48.4 Å². The van der Waals surface area contributed by atoms with Crippen molar-refractivity contribution in [2.75, 3.05) is 19.0 Å². The van der Waals surface area contributed by atoms with Crippen LogP contribution in [-0.2, 0) is 6.42 Å². The number of H-pyrrole nitrogens is 1. The Labute approximate surface area is 169 Å². The number of carbonyl (C=O) groups excluding carboxylic acids is 1. The second kappa shape index (κ2) is 7.18. The number of nitrogens with one attached hydrogen (secondary N) is 2. The van der Waals surface area contributed by atoms with Gasteiger partial charge in [0, 0.05) is 28.2 Å². The number of fused-ring (bicyclic) bond motifs is 3. The normalized spacial score (nSPS) is 16.6. The maximum Gasteiger partial charge on any atom is 0.414 e. The minimum Gasteiger partial charge on any atom is -0.497 e. The molecule has 5 nitrogen and oxygen atoms in total. The molecular formula is C20H17ClF3N3O2. The van der Waals surface area contributed by atoms with Crippen LogP contribution < -0.4 is 10.1 Å². The van der Waals surface area contributed by atoms with E-state index in [4.69, 9.17) is 16.3 Å². The average Bonchev–Trinajstić information content (AvgIpc) is 3.03. The lowest BCUT2D eigenvalue weighted by molar-refractivity contribution is -0.180. The summed E-state index contributed by atoms with van der Waals surface area (Å²) in [5.41, 5.74) is 1.43. The summed E-state index contributed by atoms with van der Waals surface area (Å²) in [6.45, 7) is -0.0757. The van der Waals surface area contributed by atoms with Gasteiger partial charge in [0.15, 0.2) is 6.04 Å². The summed E-state index contributed by atoms with van der Waals surface area (Å²) < 4.78 is 47.3. The molecule has 1 atom stereocenters. The first-order chi connectivity index (χ1) is 13.8. The summed E-state index contributed by atoms with van der Waals surface area (Å²) in [6, 6.07) is 8.41. The second-order valence-corrected chi connectivity index (χ2v) is 7.19. The molecule has 9 heteroatoms. The zero-order chi connectivity index (χ0) is 20.8. The van der Waals surface area contributed by atoms with Gasteiger partial charge in [-0.25, -0.2) is 4.79 Å². The van der Waals surface area contributed by atoms with Crippen LogP contribution in [0.1, 0.15) is 17.3 Å². The highest BCUT2D eigenvalue weighted by Gasteiger charge is 2.50. The van der Waals surface area contributed by atoms with Crippen LogP contribution in [0.2, 0.25) is 5.02 Å². The highest BCUT2D eigenvalue weighted by molar-refractivity contribution is 6.30. The second-order valence-electron chi connectivity index (χ2n) is 6.76. The number of benzene rings is 2. The van der Waals surface area contributed by atoms with Gasteiger partial charge in [0.2, 0.25) is 0 Å². The Kier molecular flexibility index (Phi) is 4.82. The number of rotatable bonds is 2. The first-order valence-corrected chi connectivity index (χ1v) is 9.24. The number of methoxy groups -OCH3 is 1.